The van der Waals surface area contributed by atoms with E-state index in [1.807, 2.05) is 32.2 Å². The summed E-state index contributed by atoms with van der Waals surface area (Å²) in [4.78, 5) is 0. The Balaban J connectivity index is 2.25. The minimum atomic E-state index is -0.368. The van der Waals surface area contributed by atoms with Crippen LogP contribution in [0.4, 0.5) is 4.39 Å². The van der Waals surface area contributed by atoms with Crippen molar-refractivity contribution in [1.82, 2.24) is 5.32 Å². The van der Waals surface area contributed by atoms with Gasteiger partial charge in [0.1, 0.15) is 18.2 Å². The van der Waals surface area contributed by atoms with Crippen LogP contribution in [0, 0.1) is 24.1 Å². The maximum Gasteiger partial charge on any atom is 0.127 e. The number of hydrogen-bond donors (Lipinski definition) is 1. The molecule has 108 valence electrons. The number of hydrogen-bond acceptors (Lipinski definition) is 3. The molecule has 0 bridgehead atoms. The van der Waals surface area contributed by atoms with E-state index in [1.165, 1.54) is 18.2 Å². The zero-order valence-corrected chi connectivity index (χ0v) is 12.1. The van der Waals surface area contributed by atoms with Crippen molar-refractivity contribution in [1.29, 1.82) is 5.26 Å². The number of rotatable bonds is 5. The van der Waals surface area contributed by atoms with Gasteiger partial charge in [0.15, 0.2) is 0 Å². The molecule has 1 N–H and O–H groups in total. The van der Waals surface area contributed by atoms with Crippen LogP contribution in [-0.2, 0) is 13.2 Å². The Labute approximate surface area is 124 Å². The lowest BCUT2D eigenvalue weighted by molar-refractivity contribution is 0.299. The van der Waals surface area contributed by atoms with Crippen LogP contribution in [0.2, 0.25) is 0 Å². The normalized spacial score (nSPS) is 10.2. The van der Waals surface area contributed by atoms with E-state index < -0.39 is 0 Å². The standard InChI is InChI=1S/C17H17FN2O/c1-12-4-3-5-14(10-20-2)17(12)21-11-15-8-16(18)7-6-13(15)9-19/h3-8,20H,10-11H2,1-2H3. The van der Waals surface area contributed by atoms with Crippen LogP contribution < -0.4 is 10.1 Å². The third-order valence-corrected chi connectivity index (χ3v) is 3.22. The van der Waals surface area contributed by atoms with Gasteiger partial charge in [-0.15, -0.1) is 0 Å². The zero-order valence-electron chi connectivity index (χ0n) is 12.1. The van der Waals surface area contributed by atoms with Gasteiger partial charge in [-0.25, -0.2) is 4.39 Å². The molecule has 0 saturated carbocycles. The van der Waals surface area contributed by atoms with Crippen LogP contribution in [-0.4, -0.2) is 7.05 Å². The highest BCUT2D eigenvalue weighted by molar-refractivity contribution is 5.42. The fourth-order valence-corrected chi connectivity index (χ4v) is 2.19. The molecule has 0 atom stereocenters. The minimum absolute atomic E-state index is 0.169. The molecule has 0 heterocycles. The van der Waals surface area contributed by atoms with Crippen LogP contribution in [0.5, 0.6) is 5.75 Å². The fraction of sp³-hybridized carbons (Fsp3) is 0.235. The van der Waals surface area contributed by atoms with Crippen LogP contribution in [0.15, 0.2) is 36.4 Å². The SMILES string of the molecule is CNCc1cccc(C)c1OCc1cc(F)ccc1C#N. The molecule has 2 aromatic rings. The van der Waals surface area contributed by atoms with Gasteiger partial charge in [-0.3, -0.25) is 0 Å². The van der Waals surface area contributed by atoms with Crippen molar-refractivity contribution in [2.75, 3.05) is 7.05 Å². The molecular formula is C17H17FN2O. The van der Waals surface area contributed by atoms with Gasteiger partial charge in [-0.2, -0.15) is 5.26 Å². The Kier molecular flexibility index (Phi) is 4.91. The van der Waals surface area contributed by atoms with E-state index in [0.717, 1.165) is 16.9 Å². The van der Waals surface area contributed by atoms with Crippen LogP contribution >= 0.6 is 0 Å². The largest absolute Gasteiger partial charge is 0.488 e. The Morgan fingerprint density at radius 3 is 2.76 bits per heavy atom. The lowest BCUT2D eigenvalue weighted by atomic mass is 10.1. The minimum Gasteiger partial charge on any atom is -0.488 e. The molecule has 0 aliphatic heterocycles. The number of nitrogens with zero attached hydrogens (tertiary/aromatic N) is 1. The monoisotopic (exact) mass is 284 g/mol. The van der Waals surface area contributed by atoms with E-state index in [4.69, 9.17) is 10.00 Å². The number of nitrogens with one attached hydrogen (secondary N) is 1. The molecular weight excluding hydrogens is 267 g/mol. The maximum atomic E-state index is 13.3. The van der Waals surface area contributed by atoms with E-state index in [-0.39, 0.29) is 12.4 Å². The molecule has 21 heavy (non-hydrogen) atoms. The molecule has 3 nitrogen and oxygen atoms in total. The Hall–Kier alpha value is -2.38. The molecule has 0 radical (unpaired) electrons. The molecule has 0 saturated heterocycles. The van der Waals surface area contributed by atoms with E-state index in [2.05, 4.69) is 11.4 Å². The highest BCUT2D eigenvalue weighted by Gasteiger charge is 2.09. The van der Waals surface area contributed by atoms with Crippen LogP contribution in [0.3, 0.4) is 0 Å². The zero-order chi connectivity index (χ0) is 15.2. The Morgan fingerprint density at radius 2 is 2.05 bits per heavy atom. The number of halogens is 1. The number of ether oxygens (including phenoxy) is 1. The van der Waals surface area contributed by atoms with Gasteiger partial charge in [0.25, 0.3) is 0 Å². The second kappa shape index (κ2) is 6.87. The van der Waals surface area contributed by atoms with E-state index in [0.29, 0.717) is 17.7 Å². The molecule has 2 aromatic carbocycles. The molecule has 0 fully saturated rings. The average Bonchev–Trinajstić information content (AvgIpc) is 2.47. The maximum absolute atomic E-state index is 13.3. The highest BCUT2D eigenvalue weighted by atomic mass is 19.1. The van der Waals surface area contributed by atoms with E-state index in [9.17, 15) is 4.39 Å². The Bertz CT molecular complexity index is 677. The predicted molar refractivity (Wildman–Crippen MR) is 79.4 cm³/mol. The van der Waals surface area contributed by atoms with Gasteiger partial charge in [-0.05, 0) is 37.7 Å². The number of aryl methyl sites for hydroxylation is 1. The number of benzene rings is 2. The first-order valence-electron chi connectivity index (χ1n) is 6.70. The third kappa shape index (κ3) is 3.59. The first-order valence-corrected chi connectivity index (χ1v) is 6.70. The van der Waals surface area contributed by atoms with Gasteiger partial charge < -0.3 is 10.1 Å². The van der Waals surface area contributed by atoms with Crippen molar-refractivity contribution in [2.45, 2.75) is 20.1 Å². The van der Waals surface area contributed by atoms with Crippen molar-refractivity contribution < 1.29 is 9.13 Å². The second-order valence-corrected chi connectivity index (χ2v) is 4.80. The average molecular weight is 284 g/mol. The van der Waals surface area contributed by atoms with Gasteiger partial charge in [0.05, 0.1) is 11.6 Å². The summed E-state index contributed by atoms with van der Waals surface area (Å²) in [5, 5.41) is 12.2. The summed E-state index contributed by atoms with van der Waals surface area (Å²) in [5.74, 6) is 0.410. The third-order valence-electron chi connectivity index (χ3n) is 3.22. The number of para-hydroxylation sites is 1. The summed E-state index contributed by atoms with van der Waals surface area (Å²) in [6.07, 6.45) is 0. The molecule has 0 aromatic heterocycles. The number of nitriles is 1. The summed E-state index contributed by atoms with van der Waals surface area (Å²) in [5.41, 5.74) is 3.03. The van der Waals surface area contributed by atoms with Crippen molar-refractivity contribution in [2.24, 2.45) is 0 Å². The molecule has 0 aliphatic carbocycles. The van der Waals surface area contributed by atoms with Crippen molar-refractivity contribution in [3.05, 3.63) is 64.5 Å². The van der Waals surface area contributed by atoms with Crippen molar-refractivity contribution >= 4 is 0 Å². The van der Waals surface area contributed by atoms with E-state index in [1.54, 1.807) is 0 Å². The van der Waals surface area contributed by atoms with Gasteiger partial charge in [0.2, 0.25) is 0 Å². The summed E-state index contributed by atoms with van der Waals surface area (Å²) in [6.45, 7) is 2.82. The lowest BCUT2D eigenvalue weighted by Crippen LogP contribution is -2.09. The Morgan fingerprint density at radius 1 is 1.24 bits per heavy atom. The smallest absolute Gasteiger partial charge is 0.127 e. The van der Waals surface area contributed by atoms with Crippen molar-refractivity contribution in [3.8, 4) is 11.8 Å². The van der Waals surface area contributed by atoms with Gasteiger partial charge in [-0.1, -0.05) is 18.2 Å². The molecule has 0 unspecified atom stereocenters. The quantitative estimate of drug-likeness (QED) is 0.916. The topological polar surface area (TPSA) is 45.0 Å². The van der Waals surface area contributed by atoms with E-state index >= 15 is 0 Å². The van der Waals surface area contributed by atoms with Gasteiger partial charge >= 0.3 is 0 Å². The highest BCUT2D eigenvalue weighted by Crippen LogP contribution is 2.25. The molecule has 2 rings (SSSR count). The summed E-state index contributed by atoms with van der Waals surface area (Å²) < 4.78 is 19.2. The molecule has 0 amide bonds. The summed E-state index contributed by atoms with van der Waals surface area (Å²) in [6, 6.07) is 12.1. The summed E-state index contributed by atoms with van der Waals surface area (Å²) in [7, 11) is 1.87. The van der Waals surface area contributed by atoms with Crippen molar-refractivity contribution in [3.63, 3.8) is 0 Å². The molecule has 0 spiro atoms. The first kappa shape index (κ1) is 15.0. The van der Waals surface area contributed by atoms with Crippen LogP contribution in [0.1, 0.15) is 22.3 Å². The van der Waals surface area contributed by atoms with Crippen LogP contribution in [0.25, 0.3) is 0 Å². The predicted octanol–water partition coefficient (Wildman–Crippen LogP) is 3.30. The fourth-order valence-electron chi connectivity index (χ4n) is 2.19. The first-order chi connectivity index (χ1) is 10.2. The molecule has 4 heteroatoms. The lowest BCUT2D eigenvalue weighted by Gasteiger charge is -2.14. The summed E-state index contributed by atoms with van der Waals surface area (Å²) >= 11 is 0. The second-order valence-electron chi connectivity index (χ2n) is 4.80. The van der Waals surface area contributed by atoms with Gasteiger partial charge in [0, 0.05) is 17.7 Å². The molecule has 0 aliphatic rings.